The van der Waals surface area contributed by atoms with Crippen molar-refractivity contribution in [1.82, 2.24) is 15.1 Å². The van der Waals surface area contributed by atoms with Crippen LogP contribution in [0.1, 0.15) is 62.2 Å². The van der Waals surface area contributed by atoms with Crippen LogP contribution in [-0.4, -0.2) is 29.3 Å². The molecule has 0 saturated heterocycles. The van der Waals surface area contributed by atoms with E-state index in [2.05, 4.69) is 17.3 Å². The van der Waals surface area contributed by atoms with Gasteiger partial charge in [-0.25, -0.2) is 4.68 Å². The van der Waals surface area contributed by atoms with Gasteiger partial charge in [0, 0.05) is 18.7 Å². The second-order valence-corrected chi connectivity index (χ2v) is 9.56. The summed E-state index contributed by atoms with van der Waals surface area (Å²) in [6.07, 6.45) is 9.25. The largest absolute Gasteiger partial charge is 0.481 e. The van der Waals surface area contributed by atoms with Gasteiger partial charge in [-0.3, -0.25) is 4.79 Å². The number of rotatable bonds is 6. The Morgan fingerprint density at radius 1 is 1.21 bits per heavy atom. The molecule has 28 heavy (non-hydrogen) atoms. The number of methoxy groups -OCH3 is 1. The molecule has 1 aromatic heterocycles. The summed E-state index contributed by atoms with van der Waals surface area (Å²) < 4.78 is 7.43. The first-order chi connectivity index (χ1) is 13.6. The Balaban J connectivity index is 1.32. The van der Waals surface area contributed by atoms with Gasteiger partial charge in [0.05, 0.1) is 18.0 Å². The Kier molecular flexibility index (Phi) is 4.37. The highest BCUT2D eigenvalue weighted by atomic mass is 16.5. The molecule has 1 heterocycles. The Labute approximate surface area is 166 Å². The molecule has 0 spiro atoms. The molecular weight excluding hydrogens is 350 g/mol. The fourth-order valence-electron chi connectivity index (χ4n) is 6.71. The summed E-state index contributed by atoms with van der Waals surface area (Å²) in [6, 6.07) is 5.77. The Bertz CT molecular complexity index is 865. The van der Waals surface area contributed by atoms with Crippen molar-refractivity contribution in [2.75, 3.05) is 13.7 Å². The van der Waals surface area contributed by atoms with Gasteiger partial charge in [-0.15, -0.1) is 0 Å². The minimum absolute atomic E-state index is 0.0293. The summed E-state index contributed by atoms with van der Waals surface area (Å²) in [6.45, 7) is 3.77. The van der Waals surface area contributed by atoms with Crippen molar-refractivity contribution < 1.29 is 9.53 Å². The number of ether oxygens (including phenoxy) is 1. The second kappa shape index (κ2) is 6.78. The molecule has 4 bridgehead atoms. The molecule has 5 heteroatoms. The molecule has 4 saturated carbocycles. The third-order valence-corrected chi connectivity index (χ3v) is 7.37. The Morgan fingerprint density at radius 3 is 2.50 bits per heavy atom. The van der Waals surface area contributed by atoms with Crippen LogP contribution in [0.15, 0.2) is 18.2 Å². The maximum atomic E-state index is 12.9. The van der Waals surface area contributed by atoms with E-state index in [1.807, 2.05) is 22.9 Å². The number of aromatic nitrogens is 2. The van der Waals surface area contributed by atoms with Crippen molar-refractivity contribution in [3.8, 4) is 5.88 Å². The van der Waals surface area contributed by atoms with Gasteiger partial charge in [0.25, 0.3) is 5.91 Å². The van der Waals surface area contributed by atoms with Gasteiger partial charge >= 0.3 is 0 Å². The first-order valence-corrected chi connectivity index (χ1v) is 10.9. The average Bonchev–Trinajstić information content (AvgIpc) is 3.01. The summed E-state index contributed by atoms with van der Waals surface area (Å²) in [5.74, 6) is 3.54. The third-order valence-electron chi connectivity index (χ3n) is 7.37. The number of hydrogen-bond acceptors (Lipinski definition) is 3. The van der Waals surface area contributed by atoms with E-state index in [9.17, 15) is 4.79 Å². The summed E-state index contributed by atoms with van der Waals surface area (Å²) in [4.78, 5) is 12.9. The van der Waals surface area contributed by atoms with Crippen LogP contribution in [0.5, 0.6) is 5.88 Å². The molecule has 1 N–H and O–H groups in total. The molecule has 4 aliphatic rings. The number of carbonyl (C=O) groups excluding carboxylic acids is 1. The van der Waals surface area contributed by atoms with Crippen LogP contribution in [-0.2, 0) is 6.54 Å². The second-order valence-electron chi connectivity index (χ2n) is 9.56. The molecule has 0 unspecified atom stereocenters. The maximum absolute atomic E-state index is 12.9. The summed E-state index contributed by atoms with van der Waals surface area (Å²) >= 11 is 0. The van der Waals surface area contributed by atoms with Crippen LogP contribution in [0.2, 0.25) is 0 Å². The van der Waals surface area contributed by atoms with Crippen molar-refractivity contribution in [2.45, 2.75) is 58.4 Å². The topological polar surface area (TPSA) is 56.2 Å². The standard InChI is InChI=1S/C23H31N3O2/c1-3-6-26-22(28-2)19-5-4-18(10-20(19)25-26)21(27)24-14-23-11-15-7-16(12-23)9-17(8-15)13-23/h4-5,10,15-17H,3,6-9,11-14H2,1-2H3,(H,24,27). The van der Waals surface area contributed by atoms with E-state index >= 15 is 0 Å². The minimum Gasteiger partial charge on any atom is -0.481 e. The van der Waals surface area contributed by atoms with Crippen LogP contribution in [0.3, 0.4) is 0 Å². The van der Waals surface area contributed by atoms with Gasteiger partial charge < -0.3 is 10.1 Å². The molecule has 0 aliphatic heterocycles. The van der Waals surface area contributed by atoms with Crippen molar-refractivity contribution in [3.63, 3.8) is 0 Å². The average molecular weight is 382 g/mol. The highest BCUT2D eigenvalue weighted by Crippen LogP contribution is 2.59. The zero-order valence-corrected chi connectivity index (χ0v) is 17.0. The smallest absolute Gasteiger partial charge is 0.251 e. The number of carbonyl (C=O) groups is 1. The van der Waals surface area contributed by atoms with Gasteiger partial charge in [0.2, 0.25) is 5.88 Å². The molecule has 0 radical (unpaired) electrons. The normalized spacial score (nSPS) is 30.7. The quantitative estimate of drug-likeness (QED) is 0.807. The molecule has 0 atom stereocenters. The summed E-state index contributed by atoms with van der Waals surface area (Å²) in [7, 11) is 1.68. The first-order valence-electron chi connectivity index (χ1n) is 10.9. The van der Waals surface area contributed by atoms with Crippen LogP contribution in [0.4, 0.5) is 0 Å². The van der Waals surface area contributed by atoms with Gasteiger partial charge in [-0.2, -0.15) is 5.10 Å². The monoisotopic (exact) mass is 381 g/mol. The number of amides is 1. The van der Waals surface area contributed by atoms with Gasteiger partial charge in [0.15, 0.2) is 0 Å². The minimum atomic E-state index is 0.0293. The molecule has 5 nitrogen and oxygen atoms in total. The Hall–Kier alpha value is -2.04. The lowest BCUT2D eigenvalue weighted by molar-refractivity contribution is -0.0503. The lowest BCUT2D eigenvalue weighted by Gasteiger charge is -2.56. The fourth-order valence-corrected chi connectivity index (χ4v) is 6.71. The summed E-state index contributed by atoms with van der Waals surface area (Å²) in [5, 5.41) is 8.89. The zero-order valence-electron chi connectivity index (χ0n) is 17.0. The van der Waals surface area contributed by atoms with Crippen LogP contribution < -0.4 is 10.1 Å². The molecule has 2 aromatic rings. The molecule has 150 valence electrons. The molecule has 1 amide bonds. The highest BCUT2D eigenvalue weighted by molar-refractivity contribution is 5.98. The predicted molar refractivity (Wildman–Crippen MR) is 110 cm³/mol. The molecular formula is C23H31N3O2. The Morgan fingerprint density at radius 2 is 1.89 bits per heavy atom. The maximum Gasteiger partial charge on any atom is 0.251 e. The molecule has 1 aromatic carbocycles. The number of fused-ring (bicyclic) bond motifs is 1. The lowest BCUT2D eigenvalue weighted by atomic mass is 9.49. The molecule has 6 rings (SSSR count). The van der Waals surface area contributed by atoms with Crippen LogP contribution in [0, 0.1) is 23.2 Å². The SMILES string of the molecule is CCCn1nc2cc(C(=O)NCC34CC5CC(CC(C5)C3)C4)ccc2c1OC. The van der Waals surface area contributed by atoms with Gasteiger partial charge in [-0.1, -0.05) is 6.92 Å². The highest BCUT2D eigenvalue weighted by Gasteiger charge is 2.50. The van der Waals surface area contributed by atoms with Crippen molar-refractivity contribution in [3.05, 3.63) is 23.8 Å². The van der Waals surface area contributed by atoms with Crippen molar-refractivity contribution in [2.24, 2.45) is 23.2 Å². The molecule has 4 fully saturated rings. The predicted octanol–water partition coefficient (Wildman–Crippen LogP) is 4.40. The van der Waals surface area contributed by atoms with E-state index in [1.54, 1.807) is 7.11 Å². The number of nitrogens with one attached hydrogen (secondary N) is 1. The lowest BCUT2D eigenvalue weighted by Crippen LogP contribution is -2.51. The third kappa shape index (κ3) is 2.99. The van der Waals surface area contributed by atoms with E-state index in [-0.39, 0.29) is 5.91 Å². The van der Waals surface area contributed by atoms with E-state index < -0.39 is 0 Å². The summed E-state index contributed by atoms with van der Waals surface area (Å²) in [5.41, 5.74) is 1.88. The molecule has 4 aliphatic carbocycles. The van der Waals surface area contributed by atoms with Gasteiger partial charge in [0.1, 0.15) is 0 Å². The van der Waals surface area contributed by atoms with E-state index in [4.69, 9.17) is 4.74 Å². The number of benzene rings is 1. The number of nitrogens with zero attached hydrogens (tertiary/aromatic N) is 2. The zero-order chi connectivity index (χ0) is 19.3. The van der Waals surface area contributed by atoms with Crippen molar-refractivity contribution in [1.29, 1.82) is 0 Å². The van der Waals surface area contributed by atoms with Crippen LogP contribution in [0.25, 0.3) is 10.9 Å². The van der Waals surface area contributed by atoms with E-state index in [0.29, 0.717) is 11.0 Å². The van der Waals surface area contributed by atoms with E-state index in [1.165, 1.54) is 38.5 Å². The van der Waals surface area contributed by atoms with Gasteiger partial charge in [-0.05, 0) is 86.3 Å². The van der Waals surface area contributed by atoms with Crippen molar-refractivity contribution >= 4 is 16.8 Å². The number of hydrogen-bond donors (Lipinski definition) is 1. The fraction of sp³-hybridized carbons (Fsp3) is 0.652. The number of aryl methyl sites for hydroxylation is 1. The van der Waals surface area contributed by atoms with Crippen LogP contribution >= 0.6 is 0 Å². The van der Waals surface area contributed by atoms with E-state index in [0.717, 1.165) is 54.0 Å². The first kappa shape index (κ1) is 18.0.